The van der Waals surface area contributed by atoms with E-state index >= 15 is 0 Å². The number of aromatic hydroxyl groups is 1. The average molecular weight is 478 g/mol. The Morgan fingerprint density at radius 1 is 1.17 bits per heavy atom. The van der Waals surface area contributed by atoms with Crippen molar-refractivity contribution in [1.82, 2.24) is 24.5 Å². The van der Waals surface area contributed by atoms with Gasteiger partial charge >= 0.3 is 0 Å². The van der Waals surface area contributed by atoms with Crippen LogP contribution in [0.15, 0.2) is 67.4 Å². The molecule has 1 fully saturated rings. The molecule has 35 heavy (non-hydrogen) atoms. The van der Waals surface area contributed by atoms with Gasteiger partial charge in [0.1, 0.15) is 23.4 Å². The van der Waals surface area contributed by atoms with Gasteiger partial charge in [0, 0.05) is 29.6 Å². The molecule has 0 bridgehead atoms. The Hall–Kier alpha value is -3.56. The minimum Gasteiger partial charge on any atom is -0.508 e. The Kier molecular flexibility index (Phi) is 5.90. The van der Waals surface area contributed by atoms with Crippen molar-refractivity contribution in [1.29, 1.82) is 0 Å². The number of imidazole rings is 1. The number of hydrogen-bond acceptors (Lipinski definition) is 6. The van der Waals surface area contributed by atoms with Crippen molar-refractivity contribution in [2.75, 3.05) is 6.61 Å². The highest BCUT2D eigenvalue weighted by Crippen LogP contribution is 2.38. The fourth-order valence-corrected chi connectivity index (χ4v) is 4.27. The fraction of sp³-hybridized carbons (Fsp3) is 0.346. The van der Waals surface area contributed by atoms with Crippen molar-refractivity contribution in [2.45, 2.75) is 51.2 Å². The van der Waals surface area contributed by atoms with Crippen LogP contribution in [0.3, 0.4) is 0 Å². The zero-order chi connectivity index (χ0) is 24.6. The van der Waals surface area contributed by atoms with Gasteiger partial charge in [0.05, 0.1) is 32.2 Å². The van der Waals surface area contributed by atoms with Crippen molar-refractivity contribution >= 4 is 0 Å². The van der Waals surface area contributed by atoms with Crippen molar-refractivity contribution in [3.8, 4) is 17.0 Å². The summed E-state index contributed by atoms with van der Waals surface area (Å²) in [7, 11) is 0. The molecule has 1 aliphatic heterocycles. The van der Waals surface area contributed by atoms with Gasteiger partial charge in [-0.2, -0.15) is 0 Å². The molecule has 0 aliphatic carbocycles. The van der Waals surface area contributed by atoms with Crippen LogP contribution in [0.25, 0.3) is 11.3 Å². The first-order chi connectivity index (χ1) is 16.7. The number of hydrogen-bond donors (Lipinski definition) is 1. The third-order valence-electron chi connectivity index (χ3n) is 6.15. The van der Waals surface area contributed by atoms with Gasteiger partial charge in [-0.05, 0) is 23.1 Å². The van der Waals surface area contributed by atoms with E-state index in [0.717, 1.165) is 17.3 Å². The molecule has 0 amide bonds. The molecule has 5 rings (SSSR count). The SMILES string of the molecule is CC(C)(C)c1ccc(-c2cn(C[C@H]3CO[C@](Cn4ccnc4)(c4ccc(O)cc4F)O3)nn2)cc1. The lowest BCUT2D eigenvalue weighted by atomic mass is 9.86. The second-order valence-corrected chi connectivity index (χ2v) is 9.86. The highest BCUT2D eigenvalue weighted by atomic mass is 19.1. The lowest BCUT2D eigenvalue weighted by Gasteiger charge is -2.29. The molecule has 0 radical (unpaired) electrons. The number of phenolic OH excluding ortho intramolecular Hbond substituents is 1. The van der Waals surface area contributed by atoms with E-state index < -0.39 is 11.6 Å². The summed E-state index contributed by atoms with van der Waals surface area (Å²) in [5.41, 5.74) is 3.29. The first-order valence-electron chi connectivity index (χ1n) is 11.5. The number of rotatable bonds is 6. The van der Waals surface area contributed by atoms with Crippen LogP contribution in [0.1, 0.15) is 31.9 Å². The molecule has 1 N–H and O–H groups in total. The second kappa shape index (κ2) is 8.90. The Morgan fingerprint density at radius 2 is 1.97 bits per heavy atom. The Labute approximate surface area is 203 Å². The normalized spacial score (nSPS) is 20.4. The van der Waals surface area contributed by atoms with Crippen LogP contribution in [-0.2, 0) is 33.8 Å². The topological polar surface area (TPSA) is 87.2 Å². The van der Waals surface area contributed by atoms with Crippen LogP contribution in [0, 0.1) is 5.82 Å². The zero-order valence-electron chi connectivity index (χ0n) is 19.9. The van der Waals surface area contributed by atoms with Gasteiger partial charge in [-0.15, -0.1) is 5.10 Å². The second-order valence-electron chi connectivity index (χ2n) is 9.86. The van der Waals surface area contributed by atoms with Gasteiger partial charge in [0.2, 0.25) is 5.79 Å². The van der Waals surface area contributed by atoms with Crippen LogP contribution < -0.4 is 0 Å². The van der Waals surface area contributed by atoms with Gasteiger partial charge in [0.25, 0.3) is 0 Å². The number of halogens is 1. The third-order valence-corrected chi connectivity index (χ3v) is 6.15. The summed E-state index contributed by atoms with van der Waals surface area (Å²) in [6.45, 7) is 7.37. The van der Waals surface area contributed by atoms with E-state index in [0.29, 0.717) is 6.54 Å². The van der Waals surface area contributed by atoms with Gasteiger partial charge in [-0.3, -0.25) is 0 Å². The number of phenols is 1. The van der Waals surface area contributed by atoms with E-state index in [4.69, 9.17) is 9.47 Å². The number of aromatic nitrogens is 5. The highest BCUT2D eigenvalue weighted by molar-refractivity contribution is 5.58. The minimum absolute atomic E-state index is 0.0795. The lowest BCUT2D eigenvalue weighted by Crippen LogP contribution is -2.35. The summed E-state index contributed by atoms with van der Waals surface area (Å²) in [5, 5.41) is 18.2. The summed E-state index contributed by atoms with van der Waals surface area (Å²) in [4.78, 5) is 4.06. The largest absolute Gasteiger partial charge is 0.508 e. The van der Waals surface area contributed by atoms with E-state index in [1.807, 2.05) is 18.3 Å². The van der Waals surface area contributed by atoms with Gasteiger partial charge in [-0.1, -0.05) is 50.3 Å². The van der Waals surface area contributed by atoms with Gasteiger partial charge in [-0.25, -0.2) is 14.1 Å². The van der Waals surface area contributed by atoms with Crippen LogP contribution in [0.4, 0.5) is 4.39 Å². The summed E-state index contributed by atoms with van der Waals surface area (Å²) < 4.78 is 30.7. The average Bonchev–Trinajstić information content (AvgIpc) is 3.56. The van der Waals surface area contributed by atoms with E-state index in [1.54, 1.807) is 28.0 Å². The van der Waals surface area contributed by atoms with Crippen LogP contribution in [0.2, 0.25) is 0 Å². The molecular weight excluding hydrogens is 449 g/mol. The number of nitrogens with zero attached hydrogens (tertiary/aromatic N) is 5. The first kappa shape index (κ1) is 23.2. The number of benzene rings is 2. The zero-order valence-corrected chi connectivity index (χ0v) is 19.9. The van der Waals surface area contributed by atoms with E-state index in [2.05, 4.69) is 48.2 Å². The maximum atomic E-state index is 14.9. The quantitative estimate of drug-likeness (QED) is 0.447. The maximum Gasteiger partial charge on any atom is 0.216 e. The molecule has 3 heterocycles. The molecular formula is C26H28FN5O3. The summed E-state index contributed by atoms with van der Waals surface area (Å²) >= 11 is 0. The molecule has 2 atom stereocenters. The molecule has 1 saturated heterocycles. The van der Waals surface area contributed by atoms with Crippen LogP contribution in [-0.4, -0.2) is 42.4 Å². The molecule has 0 spiro atoms. The standard InChI is InChI=1S/C26H28FN5O3/c1-25(2,3)19-6-4-18(5-7-19)24-14-32(30-29-24)13-21-15-34-26(35-21,16-31-11-10-28-17-31)22-9-8-20(33)12-23(22)27/h4-12,14,17,21,33H,13,15-16H2,1-3H3/t21-,26-/m0/s1. The molecule has 9 heteroatoms. The van der Waals surface area contributed by atoms with Crippen molar-refractivity contribution in [3.05, 3.63) is 84.3 Å². The number of ether oxygens (including phenoxy) is 2. The van der Waals surface area contributed by atoms with Crippen molar-refractivity contribution < 1.29 is 19.0 Å². The maximum absolute atomic E-state index is 14.9. The molecule has 2 aromatic heterocycles. The molecule has 2 aromatic carbocycles. The van der Waals surface area contributed by atoms with E-state index in [-0.39, 0.29) is 36.0 Å². The lowest BCUT2D eigenvalue weighted by molar-refractivity contribution is -0.190. The van der Waals surface area contributed by atoms with E-state index in [9.17, 15) is 9.50 Å². The minimum atomic E-state index is -1.37. The first-order valence-corrected chi connectivity index (χ1v) is 11.5. The summed E-state index contributed by atoms with van der Waals surface area (Å²) in [6, 6.07) is 12.3. The van der Waals surface area contributed by atoms with Crippen molar-refractivity contribution in [2.24, 2.45) is 0 Å². The predicted molar refractivity (Wildman–Crippen MR) is 127 cm³/mol. The van der Waals surface area contributed by atoms with Gasteiger partial charge in [0.15, 0.2) is 0 Å². The summed E-state index contributed by atoms with van der Waals surface area (Å²) in [5.74, 6) is -2.13. The molecule has 0 unspecified atom stereocenters. The summed E-state index contributed by atoms with van der Waals surface area (Å²) in [6.07, 6.45) is 6.50. The predicted octanol–water partition coefficient (Wildman–Crippen LogP) is 4.25. The smallest absolute Gasteiger partial charge is 0.216 e. The Bertz CT molecular complexity index is 1300. The monoisotopic (exact) mass is 477 g/mol. The van der Waals surface area contributed by atoms with Gasteiger partial charge < -0.3 is 19.1 Å². The fourth-order valence-electron chi connectivity index (χ4n) is 4.27. The Morgan fingerprint density at radius 3 is 2.66 bits per heavy atom. The highest BCUT2D eigenvalue weighted by Gasteiger charge is 2.45. The molecule has 0 saturated carbocycles. The molecule has 8 nitrogen and oxygen atoms in total. The third kappa shape index (κ3) is 4.82. The molecule has 1 aliphatic rings. The molecule has 4 aromatic rings. The van der Waals surface area contributed by atoms with Crippen LogP contribution in [0.5, 0.6) is 5.75 Å². The Balaban J connectivity index is 1.34. The van der Waals surface area contributed by atoms with Crippen LogP contribution >= 0.6 is 0 Å². The van der Waals surface area contributed by atoms with Crippen molar-refractivity contribution in [3.63, 3.8) is 0 Å². The van der Waals surface area contributed by atoms with E-state index in [1.165, 1.54) is 17.7 Å². The molecule has 182 valence electrons.